The summed E-state index contributed by atoms with van der Waals surface area (Å²) in [6, 6.07) is 0. The number of hydrogen-bond acceptors (Lipinski definition) is 3. The molecule has 1 rings (SSSR count). The van der Waals surface area contributed by atoms with E-state index in [9.17, 15) is 4.79 Å². The topological polar surface area (TPSA) is 20.1 Å². The summed E-state index contributed by atoms with van der Waals surface area (Å²) in [6.07, 6.45) is 0. The van der Waals surface area contributed by atoms with E-state index in [4.69, 9.17) is 0 Å². The van der Waals surface area contributed by atoms with Crippen LogP contribution in [0, 0.1) is 0 Å². The van der Waals surface area contributed by atoms with Crippen LogP contribution in [-0.4, -0.2) is 35.9 Å². The maximum atomic E-state index is 9.75. The van der Waals surface area contributed by atoms with Gasteiger partial charge in [0.25, 0.3) is 0 Å². The van der Waals surface area contributed by atoms with Crippen LogP contribution in [0.15, 0.2) is 0 Å². The zero-order chi connectivity index (χ0) is 5.82. The highest BCUT2D eigenvalue weighted by molar-refractivity contribution is 8.11. The molecule has 1 fully saturated rings. The molecule has 0 bridgehead atoms. The minimum Gasteiger partial charge on any atom is -0.300 e. The molecule has 0 aromatic rings. The third-order valence-electron chi connectivity index (χ3n) is 1.13. The molecular weight excluding hydrogens is 122 g/mol. The van der Waals surface area contributed by atoms with E-state index in [0.29, 0.717) is 0 Å². The summed E-state index contributed by atoms with van der Waals surface area (Å²) in [5.41, 5.74) is 0.906. The van der Waals surface area contributed by atoms with Gasteiger partial charge >= 0.3 is 0 Å². The van der Waals surface area contributed by atoms with E-state index in [0.717, 1.165) is 17.9 Å². The first-order valence-electron chi connectivity index (χ1n) is 2.71. The Morgan fingerprint density at radius 3 is 2.88 bits per heavy atom. The monoisotopic (exact) mass is 131 g/mol. The Hall–Kier alpha value is -0.0200. The fourth-order valence-corrected chi connectivity index (χ4v) is 0.984. The van der Waals surface area contributed by atoms with E-state index in [-0.39, 0.29) is 0 Å². The molecule has 0 aromatic carbocycles. The second-order valence-corrected chi connectivity index (χ2v) is 2.74. The van der Waals surface area contributed by atoms with E-state index < -0.39 is 0 Å². The van der Waals surface area contributed by atoms with Gasteiger partial charge in [-0.15, -0.1) is 0 Å². The molecule has 0 unspecified atom stereocenters. The minimum atomic E-state index is 0.906. The van der Waals surface area contributed by atoms with Crippen LogP contribution in [0.2, 0.25) is 0 Å². The van der Waals surface area contributed by atoms with Crippen LogP contribution in [0.3, 0.4) is 0 Å². The highest BCUT2D eigenvalue weighted by Crippen LogP contribution is 2.04. The normalized spacial score (nSPS) is 18.5. The van der Waals surface area contributed by atoms with Gasteiger partial charge in [-0.2, -0.15) is 0 Å². The van der Waals surface area contributed by atoms with Crippen molar-refractivity contribution >= 4 is 17.4 Å². The Morgan fingerprint density at radius 1 is 1.62 bits per heavy atom. The fourth-order valence-electron chi connectivity index (χ4n) is 0.524. The first kappa shape index (κ1) is 6.11. The van der Waals surface area contributed by atoms with Crippen LogP contribution in [-0.2, 0) is 4.79 Å². The summed E-state index contributed by atoms with van der Waals surface area (Å²) >= 11 is 1.35. The average Bonchev–Trinajstić information content (AvgIpc) is 2.51. The lowest BCUT2D eigenvalue weighted by molar-refractivity contribution is 0.569. The molecule has 3 heteroatoms. The Kier molecular flexibility index (Phi) is 2.36. The largest absolute Gasteiger partial charge is 0.300 e. The fraction of sp³-hybridized carbons (Fsp3) is 0.800. The lowest BCUT2D eigenvalue weighted by atomic mass is 10.8. The summed E-state index contributed by atoms with van der Waals surface area (Å²) < 4.78 is 0. The predicted molar refractivity (Wildman–Crippen MR) is 35.6 cm³/mol. The molecule has 0 spiro atoms. The van der Waals surface area contributed by atoms with Gasteiger partial charge in [-0.05, 0) is 0 Å². The van der Waals surface area contributed by atoms with Crippen molar-refractivity contribution in [1.29, 1.82) is 0 Å². The molecule has 0 radical (unpaired) electrons. The van der Waals surface area contributed by atoms with E-state index in [1.54, 1.807) is 0 Å². The number of carbonyl (C=O) groups excluding carboxylic acids is 1. The number of rotatable bonds is 4. The molecule has 0 aliphatic carbocycles. The molecule has 0 amide bonds. The summed E-state index contributed by atoms with van der Waals surface area (Å²) in [7, 11) is 0. The van der Waals surface area contributed by atoms with E-state index in [1.165, 1.54) is 24.9 Å². The van der Waals surface area contributed by atoms with Gasteiger partial charge in [0.05, 0.1) is 0 Å². The molecule has 2 nitrogen and oxygen atoms in total. The third-order valence-corrected chi connectivity index (χ3v) is 1.69. The van der Waals surface area contributed by atoms with Crippen LogP contribution in [0.4, 0.5) is 0 Å². The first-order valence-corrected chi connectivity index (χ1v) is 3.76. The molecule has 1 aliphatic heterocycles. The predicted octanol–water partition coefficient (Wildman–Crippen LogP) is 0.225. The molecule has 0 atom stereocenters. The van der Waals surface area contributed by atoms with Gasteiger partial charge in [0.2, 0.25) is 0 Å². The summed E-state index contributed by atoms with van der Waals surface area (Å²) in [4.78, 5) is 12.1. The second-order valence-electron chi connectivity index (χ2n) is 1.81. The lowest BCUT2D eigenvalue weighted by Crippen LogP contribution is -2.00. The van der Waals surface area contributed by atoms with Crippen LogP contribution >= 0.6 is 11.8 Å². The minimum absolute atomic E-state index is 0.906. The Morgan fingerprint density at radius 2 is 2.38 bits per heavy atom. The van der Waals surface area contributed by atoms with E-state index in [2.05, 4.69) is 4.90 Å². The summed E-state index contributed by atoms with van der Waals surface area (Å²) in [6.45, 7) is 3.56. The first-order chi connectivity index (χ1) is 3.93. The quantitative estimate of drug-likeness (QED) is 0.309. The Labute approximate surface area is 53.2 Å². The molecule has 1 heterocycles. The van der Waals surface area contributed by atoms with Crippen molar-refractivity contribution in [3.05, 3.63) is 0 Å². The van der Waals surface area contributed by atoms with Gasteiger partial charge in [-0.25, -0.2) is 0 Å². The van der Waals surface area contributed by atoms with Crippen molar-refractivity contribution in [2.75, 3.05) is 25.4 Å². The van der Waals surface area contributed by atoms with Crippen LogP contribution < -0.4 is 0 Å². The highest BCUT2D eigenvalue weighted by atomic mass is 32.2. The number of carbonyl (C=O) groups is 1. The maximum Gasteiger partial charge on any atom is 0.176 e. The van der Waals surface area contributed by atoms with Crippen molar-refractivity contribution in [2.45, 2.75) is 0 Å². The van der Waals surface area contributed by atoms with E-state index >= 15 is 0 Å². The summed E-state index contributed by atoms with van der Waals surface area (Å²) in [5.74, 6) is 0.962. The number of thioether (sulfide) groups is 1. The average molecular weight is 131 g/mol. The lowest BCUT2D eigenvalue weighted by Gasteiger charge is -1.92. The molecule has 0 N–H and O–H groups in total. The third kappa shape index (κ3) is 2.33. The smallest absolute Gasteiger partial charge is 0.176 e. The van der Waals surface area contributed by atoms with Crippen LogP contribution in [0.25, 0.3) is 0 Å². The molecule has 1 aliphatic rings. The van der Waals surface area contributed by atoms with Gasteiger partial charge in [0.15, 0.2) is 5.62 Å². The molecule has 1 saturated heterocycles. The van der Waals surface area contributed by atoms with Gasteiger partial charge in [-0.1, -0.05) is 11.8 Å². The molecule has 0 aromatic heterocycles. The van der Waals surface area contributed by atoms with Crippen molar-refractivity contribution in [3.63, 3.8) is 0 Å². The molecule has 46 valence electrons. The molecular formula is C5H9NOS. The van der Waals surface area contributed by atoms with Crippen LogP contribution in [0.1, 0.15) is 0 Å². The maximum absolute atomic E-state index is 9.75. The highest BCUT2D eigenvalue weighted by Gasteiger charge is 2.15. The van der Waals surface area contributed by atoms with Crippen molar-refractivity contribution in [1.82, 2.24) is 4.90 Å². The molecule has 8 heavy (non-hydrogen) atoms. The SMILES string of the molecule is O=CSCCN1CC1. The zero-order valence-electron chi connectivity index (χ0n) is 4.67. The van der Waals surface area contributed by atoms with Gasteiger partial charge in [-0.3, -0.25) is 9.69 Å². The number of nitrogens with zero attached hydrogens (tertiary/aromatic N) is 1. The standard InChI is InChI=1S/C5H9NOS/c7-5-8-4-3-6-1-2-6/h5H,1-4H2. The van der Waals surface area contributed by atoms with Crippen LogP contribution in [0.5, 0.6) is 0 Å². The van der Waals surface area contributed by atoms with Gasteiger partial charge in [0, 0.05) is 25.4 Å². The van der Waals surface area contributed by atoms with Crippen molar-refractivity contribution in [2.24, 2.45) is 0 Å². The zero-order valence-corrected chi connectivity index (χ0v) is 5.49. The Bertz CT molecular complexity index is 82.5. The van der Waals surface area contributed by atoms with Crippen molar-refractivity contribution < 1.29 is 4.79 Å². The number of hydrogen-bond donors (Lipinski definition) is 0. The van der Waals surface area contributed by atoms with Gasteiger partial charge in [0.1, 0.15) is 0 Å². The second kappa shape index (κ2) is 3.10. The van der Waals surface area contributed by atoms with Crippen molar-refractivity contribution in [3.8, 4) is 0 Å². The Balaban J connectivity index is 1.80. The van der Waals surface area contributed by atoms with Gasteiger partial charge < -0.3 is 0 Å². The summed E-state index contributed by atoms with van der Waals surface area (Å²) in [5, 5.41) is 0. The van der Waals surface area contributed by atoms with E-state index in [1.807, 2.05) is 0 Å². The molecule has 0 saturated carbocycles.